The van der Waals surface area contributed by atoms with Gasteiger partial charge in [0.15, 0.2) is 9.50 Å². The highest BCUT2D eigenvalue weighted by atomic mass is 32.2. The maximum absolute atomic E-state index is 5.45. The molecule has 4 aromatic rings. The van der Waals surface area contributed by atoms with E-state index in [1.54, 1.807) is 34.9 Å². The maximum atomic E-state index is 5.45. The number of aromatic nitrogens is 4. The van der Waals surface area contributed by atoms with Crippen molar-refractivity contribution in [3.63, 3.8) is 0 Å². The van der Waals surface area contributed by atoms with Crippen LogP contribution in [0.5, 0.6) is 0 Å². The van der Waals surface area contributed by atoms with E-state index in [-0.39, 0.29) is 0 Å². The molecule has 28 heavy (non-hydrogen) atoms. The molecule has 0 amide bonds. The molecule has 5 nitrogen and oxygen atoms in total. The average molecular weight is 429 g/mol. The smallest absolute Gasteiger partial charge is 0.195 e. The summed E-state index contributed by atoms with van der Waals surface area (Å²) < 4.78 is 9.85. The summed E-state index contributed by atoms with van der Waals surface area (Å²) in [6, 6.07) is 18.5. The van der Waals surface area contributed by atoms with Gasteiger partial charge in [-0.3, -0.25) is 4.57 Å². The summed E-state index contributed by atoms with van der Waals surface area (Å²) in [6.45, 7) is 3.45. The summed E-state index contributed by atoms with van der Waals surface area (Å²) in [4.78, 5) is 4.71. The zero-order valence-corrected chi connectivity index (χ0v) is 17.9. The number of ether oxygens (including phenoxy) is 1. The van der Waals surface area contributed by atoms with Gasteiger partial charge in [-0.05, 0) is 31.2 Å². The van der Waals surface area contributed by atoms with Gasteiger partial charge in [0.1, 0.15) is 5.82 Å². The molecule has 0 spiro atoms. The van der Waals surface area contributed by atoms with E-state index < -0.39 is 0 Å². The highest BCUT2D eigenvalue weighted by molar-refractivity contribution is 8.00. The Hall–Kier alpha value is -1.87. The molecule has 2 aromatic heterocycles. The van der Waals surface area contributed by atoms with E-state index in [2.05, 4.69) is 39.0 Å². The van der Waals surface area contributed by atoms with Crippen LogP contribution < -0.4 is 0 Å². The summed E-state index contributed by atoms with van der Waals surface area (Å²) in [5, 5.41) is 9.80. The Bertz CT molecular complexity index is 999. The zero-order chi connectivity index (χ0) is 19.2. The van der Waals surface area contributed by atoms with Crippen LogP contribution in [0, 0.1) is 0 Å². The molecule has 4 rings (SSSR count). The highest BCUT2D eigenvalue weighted by Gasteiger charge is 2.15. The van der Waals surface area contributed by atoms with Crippen LogP contribution in [0.25, 0.3) is 15.9 Å². The lowest BCUT2D eigenvalue weighted by atomic mass is 10.3. The third-order valence-corrected chi connectivity index (χ3v) is 7.05. The number of para-hydroxylation sites is 2. The first-order chi connectivity index (χ1) is 13.8. The SMILES string of the molecule is CCOCCSc1nnc(CSc2nc3ccccc3s2)n1-c1ccccc1. The molecule has 2 heterocycles. The van der Waals surface area contributed by atoms with Gasteiger partial charge in [0.25, 0.3) is 0 Å². The Morgan fingerprint density at radius 1 is 1.00 bits per heavy atom. The molecule has 0 saturated heterocycles. The van der Waals surface area contributed by atoms with Crippen LogP contribution in [0.2, 0.25) is 0 Å². The van der Waals surface area contributed by atoms with Gasteiger partial charge in [-0.1, -0.05) is 53.9 Å². The lowest BCUT2D eigenvalue weighted by Crippen LogP contribution is -2.03. The van der Waals surface area contributed by atoms with Gasteiger partial charge in [-0.2, -0.15) is 0 Å². The first-order valence-electron chi connectivity index (χ1n) is 9.04. The lowest BCUT2D eigenvalue weighted by Gasteiger charge is -2.09. The van der Waals surface area contributed by atoms with E-state index in [1.165, 1.54) is 4.70 Å². The number of fused-ring (bicyclic) bond motifs is 1. The van der Waals surface area contributed by atoms with Gasteiger partial charge in [0.05, 0.1) is 22.6 Å². The molecular weight excluding hydrogens is 408 g/mol. The van der Waals surface area contributed by atoms with E-state index >= 15 is 0 Å². The van der Waals surface area contributed by atoms with Crippen molar-refractivity contribution in [1.82, 2.24) is 19.7 Å². The topological polar surface area (TPSA) is 52.8 Å². The van der Waals surface area contributed by atoms with Crippen molar-refractivity contribution < 1.29 is 4.74 Å². The molecule has 0 bridgehead atoms. The summed E-state index contributed by atoms with van der Waals surface area (Å²) in [5.41, 5.74) is 2.12. The third kappa shape index (κ3) is 4.57. The predicted molar refractivity (Wildman–Crippen MR) is 118 cm³/mol. The molecule has 0 N–H and O–H groups in total. The minimum absolute atomic E-state index is 0.707. The van der Waals surface area contributed by atoms with E-state index in [0.717, 1.165) is 38.9 Å². The van der Waals surface area contributed by atoms with E-state index in [1.807, 2.05) is 37.3 Å². The average Bonchev–Trinajstić information content (AvgIpc) is 3.33. The molecule has 0 atom stereocenters. The van der Waals surface area contributed by atoms with E-state index in [9.17, 15) is 0 Å². The fraction of sp³-hybridized carbons (Fsp3) is 0.250. The summed E-state index contributed by atoms with van der Waals surface area (Å²) >= 11 is 5.09. The first-order valence-corrected chi connectivity index (χ1v) is 11.8. The standard InChI is InChI=1S/C20H20N4OS3/c1-2-25-12-13-26-19-23-22-18(24(19)15-8-4-3-5-9-15)14-27-20-21-16-10-6-7-11-17(16)28-20/h3-11H,2,12-14H2,1H3. The van der Waals surface area contributed by atoms with Crippen molar-refractivity contribution in [1.29, 1.82) is 0 Å². The number of benzene rings is 2. The van der Waals surface area contributed by atoms with Crippen LogP contribution in [-0.4, -0.2) is 38.7 Å². The van der Waals surface area contributed by atoms with Gasteiger partial charge in [-0.25, -0.2) is 4.98 Å². The number of rotatable bonds is 9. The van der Waals surface area contributed by atoms with Crippen molar-refractivity contribution in [3.05, 3.63) is 60.4 Å². The number of thioether (sulfide) groups is 2. The number of hydrogen-bond donors (Lipinski definition) is 0. The Kier molecular flexibility index (Phi) is 6.64. The molecule has 0 aliphatic carbocycles. The Balaban J connectivity index is 1.54. The second kappa shape index (κ2) is 9.56. The molecule has 2 aromatic carbocycles. The first kappa shape index (κ1) is 19.4. The van der Waals surface area contributed by atoms with Gasteiger partial charge in [0.2, 0.25) is 0 Å². The monoisotopic (exact) mass is 428 g/mol. The van der Waals surface area contributed by atoms with Crippen molar-refractivity contribution in [2.75, 3.05) is 19.0 Å². The Morgan fingerprint density at radius 3 is 2.64 bits per heavy atom. The lowest BCUT2D eigenvalue weighted by molar-refractivity contribution is 0.164. The Labute approximate surface area is 176 Å². The van der Waals surface area contributed by atoms with Gasteiger partial charge >= 0.3 is 0 Å². The molecular formula is C20H20N4OS3. The number of nitrogens with zero attached hydrogens (tertiary/aromatic N) is 4. The van der Waals surface area contributed by atoms with Gasteiger partial charge in [0, 0.05) is 18.0 Å². The van der Waals surface area contributed by atoms with Crippen LogP contribution in [0.3, 0.4) is 0 Å². The van der Waals surface area contributed by atoms with Crippen LogP contribution in [-0.2, 0) is 10.5 Å². The van der Waals surface area contributed by atoms with Crippen molar-refractivity contribution in [3.8, 4) is 5.69 Å². The second-order valence-electron chi connectivity index (χ2n) is 5.85. The Morgan fingerprint density at radius 2 is 1.82 bits per heavy atom. The van der Waals surface area contributed by atoms with Crippen molar-refractivity contribution in [2.24, 2.45) is 0 Å². The van der Waals surface area contributed by atoms with Crippen molar-refractivity contribution >= 4 is 45.1 Å². The molecule has 144 valence electrons. The predicted octanol–water partition coefficient (Wildman–Crippen LogP) is 5.30. The normalized spacial score (nSPS) is 11.3. The van der Waals surface area contributed by atoms with Gasteiger partial charge < -0.3 is 4.74 Å². The summed E-state index contributed by atoms with van der Waals surface area (Å²) in [6.07, 6.45) is 0. The molecule has 0 radical (unpaired) electrons. The molecule has 8 heteroatoms. The minimum Gasteiger partial charge on any atom is -0.381 e. The third-order valence-electron chi connectivity index (χ3n) is 3.98. The van der Waals surface area contributed by atoms with E-state index in [0.29, 0.717) is 12.4 Å². The molecule has 0 saturated carbocycles. The minimum atomic E-state index is 0.707. The van der Waals surface area contributed by atoms with Crippen LogP contribution in [0.1, 0.15) is 12.7 Å². The van der Waals surface area contributed by atoms with Gasteiger partial charge in [-0.15, -0.1) is 21.5 Å². The fourth-order valence-corrected chi connectivity index (χ4v) is 5.50. The second-order valence-corrected chi connectivity index (χ2v) is 9.17. The number of hydrogen-bond acceptors (Lipinski definition) is 7. The molecule has 0 unspecified atom stereocenters. The summed E-state index contributed by atoms with van der Waals surface area (Å²) in [7, 11) is 0. The number of thiazole rings is 1. The van der Waals surface area contributed by atoms with Crippen LogP contribution in [0.15, 0.2) is 64.1 Å². The van der Waals surface area contributed by atoms with Crippen LogP contribution in [0.4, 0.5) is 0 Å². The van der Waals surface area contributed by atoms with E-state index in [4.69, 9.17) is 9.72 Å². The fourth-order valence-electron chi connectivity index (χ4n) is 2.70. The zero-order valence-electron chi connectivity index (χ0n) is 15.4. The molecule has 0 aliphatic heterocycles. The van der Waals surface area contributed by atoms with Crippen LogP contribution >= 0.6 is 34.9 Å². The quantitative estimate of drug-likeness (QED) is 0.266. The molecule has 0 aliphatic rings. The highest BCUT2D eigenvalue weighted by Crippen LogP contribution is 2.32. The summed E-state index contributed by atoms with van der Waals surface area (Å²) in [5.74, 6) is 2.49. The van der Waals surface area contributed by atoms with Crippen molar-refractivity contribution in [2.45, 2.75) is 22.2 Å². The largest absolute Gasteiger partial charge is 0.381 e. The molecule has 0 fully saturated rings. The maximum Gasteiger partial charge on any atom is 0.195 e.